The molecule has 0 heterocycles. The van der Waals surface area contributed by atoms with Gasteiger partial charge in [-0.1, -0.05) is 48.4 Å². The van der Waals surface area contributed by atoms with Crippen LogP contribution in [0.5, 0.6) is 5.75 Å². The van der Waals surface area contributed by atoms with Crippen LogP contribution in [0.2, 0.25) is 0 Å². The molecule has 1 N–H and O–H groups in total. The maximum atomic E-state index is 11.2. The van der Waals surface area contributed by atoms with Crippen molar-refractivity contribution in [3.63, 3.8) is 0 Å². The zero-order chi connectivity index (χ0) is 33.3. The third-order valence-corrected chi connectivity index (χ3v) is 4.84. The largest absolute Gasteiger partial charge is 0.508 e. The van der Waals surface area contributed by atoms with Crippen LogP contribution in [0.3, 0.4) is 0 Å². The Kier molecular flexibility index (Phi) is 20.6. The van der Waals surface area contributed by atoms with Crippen molar-refractivity contribution in [1.82, 2.24) is 0 Å². The molecule has 0 aromatic heterocycles. The third kappa shape index (κ3) is 20.1. The van der Waals surface area contributed by atoms with E-state index in [-0.39, 0.29) is 5.78 Å². The predicted molar refractivity (Wildman–Crippen MR) is 184 cm³/mol. The van der Waals surface area contributed by atoms with Gasteiger partial charge in [0.15, 0.2) is 5.78 Å². The van der Waals surface area contributed by atoms with Gasteiger partial charge in [0.2, 0.25) is 0 Å². The van der Waals surface area contributed by atoms with Gasteiger partial charge in [0.05, 0.1) is 0 Å². The fourth-order valence-electron chi connectivity index (χ4n) is 2.87. The van der Waals surface area contributed by atoms with Gasteiger partial charge in [-0.3, -0.25) is 4.79 Å². The predicted octanol–water partition coefficient (Wildman–Crippen LogP) is 4.45. The van der Waals surface area contributed by atoms with Crippen LogP contribution in [-0.4, -0.2) is 10.9 Å². The molecule has 2 aromatic rings. The molecule has 2 aromatic carbocycles. The number of rotatable bonds is 5. The number of aromatic hydroxyl groups is 1. The van der Waals surface area contributed by atoms with Crippen LogP contribution < -0.4 is 0 Å². The van der Waals surface area contributed by atoms with E-state index in [0.29, 0.717) is 5.75 Å². The van der Waals surface area contributed by atoms with Crippen LogP contribution >= 0.6 is 0 Å². The van der Waals surface area contributed by atoms with E-state index in [2.05, 4.69) is 148 Å². The van der Waals surface area contributed by atoms with Gasteiger partial charge in [0, 0.05) is 52.9 Å². The average Bonchev–Trinajstić information content (AvgIpc) is 3.06. The minimum absolute atomic E-state index is 0.0979. The summed E-state index contributed by atoms with van der Waals surface area (Å²) < 4.78 is 0. The molecule has 0 saturated heterocycles. The topological polar surface area (TPSA) is 37.3 Å². The number of hydrogen-bond donors (Lipinski definition) is 1. The number of terminal acetylenes is 1. The van der Waals surface area contributed by atoms with E-state index < -0.39 is 0 Å². The van der Waals surface area contributed by atoms with Crippen molar-refractivity contribution in [3.05, 3.63) is 65.2 Å². The van der Waals surface area contributed by atoms with E-state index in [4.69, 9.17) is 6.42 Å². The second-order valence-corrected chi connectivity index (χ2v) is 8.00. The standard InChI is InChI=1S/C27H4.C17H18O2/c1-3-5-7-9-11-13-15-17-19-21-23-25-27-26-24-22-20-18-16-14-12-10-8-6-4-2;1-13(18)15-11-9-14(10-12-15)5-4-7-16-6-2-3-8-17(16)19/h1H,2H3;2-3,6,8-12,19H,4-5,7H2,1H3. The van der Waals surface area contributed by atoms with Gasteiger partial charge in [-0.25, -0.2) is 0 Å². The smallest absolute Gasteiger partial charge is 0.159 e. The van der Waals surface area contributed by atoms with E-state index in [9.17, 15) is 9.90 Å². The lowest BCUT2D eigenvalue weighted by molar-refractivity contribution is 0.101. The molecule has 0 unspecified atom stereocenters. The van der Waals surface area contributed by atoms with Gasteiger partial charge >= 0.3 is 0 Å². The second kappa shape index (κ2) is 26.1. The number of hydrogen-bond acceptors (Lipinski definition) is 2. The molecule has 0 aliphatic rings. The quantitative estimate of drug-likeness (QED) is 0.418. The maximum absolute atomic E-state index is 11.2. The zero-order valence-electron chi connectivity index (χ0n) is 25.2. The molecule has 0 spiro atoms. The lowest BCUT2D eigenvalue weighted by atomic mass is 10.0. The normalized spacial score (nSPS) is 6.54. The fourth-order valence-corrected chi connectivity index (χ4v) is 2.87. The molecular weight excluding hydrogens is 560 g/mol. The summed E-state index contributed by atoms with van der Waals surface area (Å²) in [5.74, 6) is 62.4. The van der Waals surface area contributed by atoms with Crippen molar-refractivity contribution < 1.29 is 9.90 Å². The molecule has 2 nitrogen and oxygen atoms in total. The van der Waals surface area contributed by atoms with Crippen molar-refractivity contribution in [1.29, 1.82) is 0 Å². The number of phenols is 1. The number of aryl methyl sites for hydroxylation is 2. The number of para-hydroxylation sites is 1. The van der Waals surface area contributed by atoms with Crippen molar-refractivity contribution in [2.75, 3.05) is 0 Å². The van der Waals surface area contributed by atoms with Crippen molar-refractivity contribution in [3.8, 4) is 160 Å². The Morgan fingerprint density at radius 3 is 1.33 bits per heavy atom. The SMILES string of the molecule is C#CC#CC#CC#CC#CC#CC#CC#CC#CC#CC#CC#CC#CC.CC(=O)c1ccc(CCCc2ccccc2O)cc1. The number of phenolic OH excluding ortho intramolecular Hbond substituents is 1. The molecule has 0 aliphatic heterocycles. The molecule has 0 amide bonds. The van der Waals surface area contributed by atoms with Gasteiger partial charge in [0.1, 0.15) is 5.75 Å². The Bertz CT molecular complexity index is 2240. The molecule has 0 radical (unpaired) electrons. The van der Waals surface area contributed by atoms with Crippen LogP contribution in [0.1, 0.15) is 41.8 Å². The number of Topliss-reactive ketones (excluding diaryl/α,β-unsaturated/α-hetero) is 1. The summed E-state index contributed by atoms with van der Waals surface area (Å²) in [6.07, 6.45) is 7.71. The summed E-state index contributed by atoms with van der Waals surface area (Å²) in [6, 6.07) is 15.2. The van der Waals surface area contributed by atoms with Gasteiger partial charge in [-0.2, -0.15) is 0 Å². The van der Waals surface area contributed by atoms with Crippen LogP contribution in [-0.2, 0) is 12.8 Å². The minimum Gasteiger partial charge on any atom is -0.508 e. The second-order valence-electron chi connectivity index (χ2n) is 8.00. The molecule has 210 valence electrons. The highest BCUT2D eigenvalue weighted by Crippen LogP contribution is 2.18. The maximum Gasteiger partial charge on any atom is 0.159 e. The molecule has 0 atom stereocenters. The summed E-state index contributed by atoms with van der Waals surface area (Å²) in [7, 11) is 0. The molecular formula is C44H22O2. The van der Waals surface area contributed by atoms with E-state index in [1.54, 1.807) is 19.9 Å². The number of benzene rings is 2. The van der Waals surface area contributed by atoms with E-state index in [1.165, 1.54) is 5.56 Å². The number of carbonyl (C=O) groups is 1. The Labute approximate surface area is 273 Å². The zero-order valence-corrected chi connectivity index (χ0v) is 25.2. The Hall–Kier alpha value is -7.81. The van der Waals surface area contributed by atoms with E-state index >= 15 is 0 Å². The highest BCUT2D eigenvalue weighted by atomic mass is 16.3. The fraction of sp³-hybridized carbons (Fsp3) is 0.114. The van der Waals surface area contributed by atoms with E-state index in [0.717, 1.165) is 30.4 Å². The minimum atomic E-state index is 0.0979. The molecule has 0 aliphatic carbocycles. The summed E-state index contributed by atoms with van der Waals surface area (Å²) in [5.41, 5.74) is 2.97. The van der Waals surface area contributed by atoms with Gasteiger partial charge in [0.25, 0.3) is 0 Å². The van der Waals surface area contributed by atoms with Gasteiger partial charge in [-0.05, 0) is 145 Å². The first-order valence-electron chi connectivity index (χ1n) is 13.3. The number of ketones is 1. The van der Waals surface area contributed by atoms with Gasteiger partial charge in [-0.15, -0.1) is 6.42 Å². The lowest BCUT2D eigenvalue weighted by Crippen LogP contribution is -1.94. The monoisotopic (exact) mass is 582 g/mol. The van der Waals surface area contributed by atoms with Crippen LogP contribution in [0, 0.1) is 154 Å². The molecule has 0 bridgehead atoms. The Morgan fingerprint density at radius 1 is 0.565 bits per heavy atom. The highest BCUT2D eigenvalue weighted by Gasteiger charge is 2.01. The first-order chi connectivity index (χ1) is 22.6. The first kappa shape index (κ1) is 36.2. The van der Waals surface area contributed by atoms with Crippen LogP contribution in [0.15, 0.2) is 48.5 Å². The van der Waals surface area contributed by atoms with E-state index in [1.807, 2.05) is 42.5 Å². The van der Waals surface area contributed by atoms with Gasteiger partial charge < -0.3 is 5.11 Å². The lowest BCUT2D eigenvalue weighted by Gasteiger charge is -2.05. The molecule has 46 heavy (non-hydrogen) atoms. The summed E-state index contributed by atoms with van der Waals surface area (Å²) in [5, 5.41) is 9.67. The first-order valence-corrected chi connectivity index (χ1v) is 13.3. The Balaban J connectivity index is 0.000000485. The Morgan fingerprint density at radius 2 is 0.957 bits per heavy atom. The highest BCUT2D eigenvalue weighted by molar-refractivity contribution is 5.94. The average molecular weight is 583 g/mol. The van der Waals surface area contributed by atoms with Crippen molar-refractivity contribution in [2.24, 2.45) is 0 Å². The third-order valence-electron chi connectivity index (χ3n) is 4.84. The van der Waals surface area contributed by atoms with Crippen LogP contribution in [0.4, 0.5) is 0 Å². The molecule has 0 fully saturated rings. The molecule has 0 saturated carbocycles. The van der Waals surface area contributed by atoms with Crippen LogP contribution in [0.25, 0.3) is 0 Å². The molecule has 2 heteroatoms. The summed E-state index contributed by atoms with van der Waals surface area (Å²) in [4.78, 5) is 11.2. The summed E-state index contributed by atoms with van der Waals surface area (Å²) in [6.45, 7) is 3.27. The molecule has 2 rings (SSSR count). The van der Waals surface area contributed by atoms with Crippen molar-refractivity contribution in [2.45, 2.75) is 33.1 Å². The van der Waals surface area contributed by atoms with Crippen molar-refractivity contribution >= 4 is 5.78 Å². The summed E-state index contributed by atoms with van der Waals surface area (Å²) >= 11 is 0. The number of carbonyl (C=O) groups excluding carboxylic acids is 1.